The van der Waals surface area contributed by atoms with Gasteiger partial charge in [0.2, 0.25) is 0 Å². The SMILES string of the molecule is CC1=CCC(CC=CCC(C)C=O)C1(C)C. The Bertz CT molecular complexity index is 297. The molecule has 1 rings (SSSR count). The lowest BCUT2D eigenvalue weighted by atomic mass is 9.76. The van der Waals surface area contributed by atoms with Gasteiger partial charge in [-0.3, -0.25) is 0 Å². The van der Waals surface area contributed by atoms with E-state index in [0.717, 1.165) is 25.0 Å². The van der Waals surface area contributed by atoms with Crippen molar-refractivity contribution in [2.75, 3.05) is 0 Å². The summed E-state index contributed by atoms with van der Waals surface area (Å²) in [5.41, 5.74) is 1.87. The van der Waals surface area contributed by atoms with E-state index in [1.807, 2.05) is 6.92 Å². The lowest BCUT2D eigenvalue weighted by Crippen LogP contribution is -2.19. The van der Waals surface area contributed by atoms with Gasteiger partial charge in [0.1, 0.15) is 6.29 Å². The van der Waals surface area contributed by atoms with E-state index in [9.17, 15) is 4.79 Å². The number of hydrogen-bond donors (Lipinski definition) is 0. The van der Waals surface area contributed by atoms with Gasteiger partial charge in [0, 0.05) is 5.92 Å². The van der Waals surface area contributed by atoms with Crippen LogP contribution in [0.5, 0.6) is 0 Å². The quantitative estimate of drug-likeness (QED) is 0.502. The van der Waals surface area contributed by atoms with Crippen LogP contribution in [0.4, 0.5) is 0 Å². The molecule has 0 radical (unpaired) electrons. The largest absolute Gasteiger partial charge is 0.303 e. The van der Waals surface area contributed by atoms with Crippen molar-refractivity contribution in [3.63, 3.8) is 0 Å². The molecule has 1 heteroatoms. The highest BCUT2D eigenvalue weighted by Gasteiger charge is 2.33. The van der Waals surface area contributed by atoms with Gasteiger partial charge in [0.15, 0.2) is 0 Å². The van der Waals surface area contributed by atoms with Gasteiger partial charge in [-0.1, -0.05) is 44.6 Å². The van der Waals surface area contributed by atoms with Crippen LogP contribution in [0.25, 0.3) is 0 Å². The molecule has 0 aromatic carbocycles. The molecule has 1 aliphatic rings. The molecule has 0 aromatic rings. The monoisotopic (exact) mass is 220 g/mol. The molecule has 0 amide bonds. The fraction of sp³-hybridized carbons (Fsp3) is 0.667. The molecule has 0 bridgehead atoms. The van der Waals surface area contributed by atoms with E-state index in [1.165, 1.54) is 12.0 Å². The highest BCUT2D eigenvalue weighted by molar-refractivity contribution is 5.52. The number of rotatable bonds is 5. The number of carbonyl (C=O) groups is 1. The predicted molar refractivity (Wildman–Crippen MR) is 69.2 cm³/mol. The van der Waals surface area contributed by atoms with Crippen molar-refractivity contribution in [2.24, 2.45) is 17.3 Å². The van der Waals surface area contributed by atoms with Crippen LogP contribution in [0.2, 0.25) is 0 Å². The summed E-state index contributed by atoms with van der Waals surface area (Å²) in [4.78, 5) is 10.5. The first kappa shape index (κ1) is 13.2. The topological polar surface area (TPSA) is 17.1 Å². The van der Waals surface area contributed by atoms with Crippen molar-refractivity contribution < 1.29 is 4.79 Å². The predicted octanol–water partition coefficient (Wildman–Crippen LogP) is 4.15. The Morgan fingerprint density at radius 2 is 2.19 bits per heavy atom. The Morgan fingerprint density at radius 3 is 2.69 bits per heavy atom. The van der Waals surface area contributed by atoms with Crippen LogP contribution in [0, 0.1) is 17.3 Å². The Labute approximate surface area is 99.6 Å². The minimum atomic E-state index is 0.160. The second-order valence-electron chi connectivity index (χ2n) is 5.60. The first-order valence-corrected chi connectivity index (χ1v) is 6.26. The zero-order valence-corrected chi connectivity index (χ0v) is 11.0. The molecular weight excluding hydrogens is 196 g/mol. The van der Waals surface area contributed by atoms with Crippen molar-refractivity contribution in [1.29, 1.82) is 0 Å². The molecule has 0 N–H and O–H groups in total. The maximum absolute atomic E-state index is 10.5. The smallest absolute Gasteiger partial charge is 0.123 e. The highest BCUT2D eigenvalue weighted by atomic mass is 16.1. The van der Waals surface area contributed by atoms with Crippen molar-refractivity contribution >= 4 is 6.29 Å². The summed E-state index contributed by atoms with van der Waals surface area (Å²) in [7, 11) is 0. The fourth-order valence-electron chi connectivity index (χ4n) is 2.22. The van der Waals surface area contributed by atoms with Crippen LogP contribution < -0.4 is 0 Å². The minimum Gasteiger partial charge on any atom is -0.303 e. The Morgan fingerprint density at radius 1 is 1.50 bits per heavy atom. The number of allylic oxidation sites excluding steroid dienone is 4. The van der Waals surface area contributed by atoms with Gasteiger partial charge >= 0.3 is 0 Å². The lowest BCUT2D eigenvalue weighted by Gasteiger charge is -2.28. The van der Waals surface area contributed by atoms with E-state index in [1.54, 1.807) is 0 Å². The summed E-state index contributed by atoms with van der Waals surface area (Å²) < 4.78 is 0. The molecule has 0 aromatic heterocycles. The summed E-state index contributed by atoms with van der Waals surface area (Å²) >= 11 is 0. The summed E-state index contributed by atoms with van der Waals surface area (Å²) in [6.07, 6.45) is 11.0. The average molecular weight is 220 g/mol. The zero-order chi connectivity index (χ0) is 12.2. The van der Waals surface area contributed by atoms with E-state index >= 15 is 0 Å². The molecule has 90 valence electrons. The first-order valence-electron chi connectivity index (χ1n) is 6.26. The second-order valence-corrected chi connectivity index (χ2v) is 5.60. The van der Waals surface area contributed by atoms with E-state index in [4.69, 9.17) is 0 Å². The summed E-state index contributed by atoms with van der Waals surface area (Å²) in [6.45, 7) is 8.86. The zero-order valence-electron chi connectivity index (χ0n) is 11.0. The number of carbonyl (C=O) groups excluding carboxylic acids is 1. The van der Waals surface area contributed by atoms with Crippen molar-refractivity contribution in [3.8, 4) is 0 Å². The van der Waals surface area contributed by atoms with Gasteiger partial charge in [-0.15, -0.1) is 0 Å². The van der Waals surface area contributed by atoms with Gasteiger partial charge in [-0.2, -0.15) is 0 Å². The second kappa shape index (κ2) is 5.47. The maximum Gasteiger partial charge on any atom is 0.123 e. The number of hydrogen-bond acceptors (Lipinski definition) is 1. The van der Waals surface area contributed by atoms with E-state index < -0.39 is 0 Å². The fourth-order valence-corrected chi connectivity index (χ4v) is 2.22. The van der Waals surface area contributed by atoms with Crippen LogP contribution in [0.15, 0.2) is 23.8 Å². The van der Waals surface area contributed by atoms with E-state index in [-0.39, 0.29) is 5.92 Å². The molecule has 1 aliphatic carbocycles. The number of aldehydes is 1. The third kappa shape index (κ3) is 3.07. The summed E-state index contributed by atoms with van der Waals surface area (Å²) in [5, 5.41) is 0. The first-order chi connectivity index (χ1) is 7.48. The molecule has 0 saturated carbocycles. The maximum atomic E-state index is 10.5. The standard InChI is InChI=1S/C15H24O/c1-12(11-16)7-5-6-8-14-10-9-13(2)15(14,3)4/h5-6,9,11-12,14H,7-8,10H2,1-4H3. The molecule has 0 fully saturated rings. The van der Waals surface area contributed by atoms with Crippen LogP contribution in [0.3, 0.4) is 0 Å². The third-order valence-corrected chi connectivity index (χ3v) is 4.07. The van der Waals surface area contributed by atoms with Crippen LogP contribution in [0.1, 0.15) is 47.0 Å². The normalized spacial score (nSPS) is 25.8. The molecule has 0 aliphatic heterocycles. The minimum absolute atomic E-state index is 0.160. The summed E-state index contributed by atoms with van der Waals surface area (Å²) in [6, 6.07) is 0. The Kier molecular flexibility index (Phi) is 4.52. The third-order valence-electron chi connectivity index (χ3n) is 4.07. The van der Waals surface area contributed by atoms with Crippen LogP contribution >= 0.6 is 0 Å². The summed E-state index contributed by atoms with van der Waals surface area (Å²) in [5.74, 6) is 0.892. The van der Waals surface area contributed by atoms with E-state index in [2.05, 4.69) is 39.0 Å². The van der Waals surface area contributed by atoms with Crippen LogP contribution in [-0.2, 0) is 4.79 Å². The van der Waals surface area contributed by atoms with Gasteiger partial charge in [0.05, 0.1) is 0 Å². The van der Waals surface area contributed by atoms with Crippen molar-refractivity contribution in [2.45, 2.75) is 47.0 Å². The molecule has 2 atom stereocenters. The van der Waals surface area contributed by atoms with E-state index in [0.29, 0.717) is 5.41 Å². The van der Waals surface area contributed by atoms with Crippen molar-refractivity contribution in [3.05, 3.63) is 23.8 Å². The van der Waals surface area contributed by atoms with Gasteiger partial charge in [0.25, 0.3) is 0 Å². The van der Waals surface area contributed by atoms with Crippen LogP contribution in [-0.4, -0.2) is 6.29 Å². The highest BCUT2D eigenvalue weighted by Crippen LogP contribution is 2.44. The molecule has 1 nitrogen and oxygen atoms in total. The van der Waals surface area contributed by atoms with Gasteiger partial charge in [-0.25, -0.2) is 0 Å². The average Bonchev–Trinajstić information content (AvgIpc) is 2.50. The molecule has 0 heterocycles. The van der Waals surface area contributed by atoms with Gasteiger partial charge < -0.3 is 4.79 Å². The molecule has 0 spiro atoms. The molecular formula is C15H24O. The molecule has 16 heavy (non-hydrogen) atoms. The lowest BCUT2D eigenvalue weighted by molar-refractivity contribution is -0.110. The van der Waals surface area contributed by atoms with Crippen molar-refractivity contribution in [1.82, 2.24) is 0 Å². The molecule has 2 unspecified atom stereocenters. The molecule has 0 saturated heterocycles. The van der Waals surface area contributed by atoms with Gasteiger partial charge in [-0.05, 0) is 37.5 Å². The Balaban J connectivity index is 2.38. The Hall–Kier alpha value is -0.850.